The maximum atomic E-state index is 12.7. The van der Waals surface area contributed by atoms with Crippen molar-refractivity contribution < 1.29 is 19.1 Å². The fourth-order valence-corrected chi connectivity index (χ4v) is 3.05. The van der Waals surface area contributed by atoms with Gasteiger partial charge in [0.15, 0.2) is 17.3 Å². The number of carbonyl (C=O) groups excluding carboxylic acids is 2. The normalized spacial score (nSPS) is 16.2. The van der Waals surface area contributed by atoms with Gasteiger partial charge in [0, 0.05) is 16.7 Å². The lowest BCUT2D eigenvalue weighted by atomic mass is 9.86. The predicted molar refractivity (Wildman–Crippen MR) is 89.9 cm³/mol. The summed E-state index contributed by atoms with van der Waals surface area (Å²) >= 11 is 0. The molecule has 5 heteroatoms. The molecule has 0 radical (unpaired) electrons. The van der Waals surface area contributed by atoms with Crippen molar-refractivity contribution in [2.75, 3.05) is 14.2 Å². The second-order valence-corrected chi connectivity index (χ2v) is 5.62. The van der Waals surface area contributed by atoms with E-state index in [0.29, 0.717) is 35.5 Å². The van der Waals surface area contributed by atoms with Crippen molar-refractivity contribution in [1.82, 2.24) is 5.32 Å². The third-order valence-corrected chi connectivity index (χ3v) is 4.25. The van der Waals surface area contributed by atoms with Crippen LogP contribution in [0.1, 0.15) is 32.7 Å². The Bertz CT molecular complexity index is 770. The van der Waals surface area contributed by atoms with Gasteiger partial charge in [-0.05, 0) is 37.1 Å². The van der Waals surface area contributed by atoms with Crippen LogP contribution in [-0.4, -0.2) is 32.0 Å². The molecule has 0 saturated heterocycles. The third-order valence-electron chi connectivity index (χ3n) is 4.25. The molecule has 1 N–H and O–H groups in total. The number of hydrogen-bond acceptors (Lipinski definition) is 4. The van der Waals surface area contributed by atoms with E-state index in [2.05, 4.69) is 5.32 Å². The van der Waals surface area contributed by atoms with Gasteiger partial charge in [-0.1, -0.05) is 18.2 Å². The summed E-state index contributed by atoms with van der Waals surface area (Å²) in [5.74, 6) is 0.867. The molecule has 24 heavy (non-hydrogen) atoms. The minimum absolute atomic E-state index is 0.0958. The average Bonchev–Trinajstić information content (AvgIpc) is 2.63. The van der Waals surface area contributed by atoms with E-state index in [1.165, 1.54) is 0 Å². The van der Waals surface area contributed by atoms with E-state index in [-0.39, 0.29) is 11.7 Å². The SMILES string of the molecule is COc1ccc2c(c1OC)CCC(NC(=O)c1ccccc1)C2=O. The second kappa shape index (κ2) is 6.74. The number of nitrogens with one attached hydrogen (secondary N) is 1. The molecular weight excluding hydrogens is 306 g/mol. The van der Waals surface area contributed by atoms with Crippen LogP contribution in [0.2, 0.25) is 0 Å². The minimum Gasteiger partial charge on any atom is -0.493 e. The van der Waals surface area contributed by atoms with E-state index in [0.717, 1.165) is 5.56 Å². The van der Waals surface area contributed by atoms with Crippen LogP contribution in [0.5, 0.6) is 11.5 Å². The molecule has 5 nitrogen and oxygen atoms in total. The number of carbonyl (C=O) groups is 2. The Morgan fingerprint density at radius 1 is 1.08 bits per heavy atom. The van der Waals surface area contributed by atoms with Crippen molar-refractivity contribution >= 4 is 11.7 Å². The van der Waals surface area contributed by atoms with Gasteiger partial charge in [-0.25, -0.2) is 0 Å². The first-order valence-corrected chi connectivity index (χ1v) is 7.79. The standard InChI is InChI=1S/C19H19NO4/c1-23-16-11-9-13-14(18(16)24-2)8-10-15(17(13)21)20-19(22)12-6-4-3-5-7-12/h3-7,9,11,15H,8,10H2,1-2H3,(H,20,22). The maximum absolute atomic E-state index is 12.7. The average molecular weight is 325 g/mol. The zero-order valence-electron chi connectivity index (χ0n) is 13.7. The highest BCUT2D eigenvalue weighted by molar-refractivity contribution is 6.06. The molecule has 2 aromatic rings. The molecule has 0 heterocycles. The lowest BCUT2D eigenvalue weighted by Gasteiger charge is -2.26. The molecule has 1 aliphatic carbocycles. The van der Waals surface area contributed by atoms with E-state index in [1.54, 1.807) is 50.6 Å². The number of fused-ring (bicyclic) bond motifs is 1. The van der Waals surface area contributed by atoms with Gasteiger partial charge in [-0.2, -0.15) is 0 Å². The van der Waals surface area contributed by atoms with E-state index in [4.69, 9.17) is 9.47 Å². The van der Waals surface area contributed by atoms with Crippen LogP contribution >= 0.6 is 0 Å². The summed E-state index contributed by atoms with van der Waals surface area (Å²) in [6.45, 7) is 0. The Hall–Kier alpha value is -2.82. The molecule has 0 spiro atoms. The zero-order valence-corrected chi connectivity index (χ0v) is 13.7. The summed E-state index contributed by atoms with van der Waals surface area (Å²) in [6, 6.07) is 11.8. The Morgan fingerprint density at radius 3 is 2.50 bits per heavy atom. The first-order valence-electron chi connectivity index (χ1n) is 7.79. The number of ether oxygens (including phenoxy) is 2. The molecule has 0 fully saturated rings. The molecule has 1 amide bonds. The predicted octanol–water partition coefficient (Wildman–Crippen LogP) is 2.63. The minimum atomic E-state index is -0.525. The highest BCUT2D eigenvalue weighted by Gasteiger charge is 2.31. The maximum Gasteiger partial charge on any atom is 0.251 e. The summed E-state index contributed by atoms with van der Waals surface area (Å²) in [6.07, 6.45) is 1.18. The van der Waals surface area contributed by atoms with Crippen molar-refractivity contribution in [2.45, 2.75) is 18.9 Å². The van der Waals surface area contributed by atoms with Gasteiger partial charge in [-0.3, -0.25) is 9.59 Å². The summed E-state index contributed by atoms with van der Waals surface area (Å²) in [7, 11) is 3.13. The largest absolute Gasteiger partial charge is 0.493 e. The van der Waals surface area contributed by atoms with Crippen molar-refractivity contribution in [3.8, 4) is 11.5 Å². The van der Waals surface area contributed by atoms with E-state index >= 15 is 0 Å². The number of amides is 1. The molecule has 2 aromatic carbocycles. The van der Waals surface area contributed by atoms with Gasteiger partial charge < -0.3 is 14.8 Å². The van der Waals surface area contributed by atoms with Crippen LogP contribution in [0.3, 0.4) is 0 Å². The Kier molecular flexibility index (Phi) is 4.51. The van der Waals surface area contributed by atoms with Crippen LogP contribution in [0.25, 0.3) is 0 Å². The monoisotopic (exact) mass is 325 g/mol. The van der Waals surface area contributed by atoms with Crippen LogP contribution in [0.4, 0.5) is 0 Å². The summed E-state index contributed by atoms with van der Waals surface area (Å²) in [5, 5.41) is 2.83. The number of hydrogen-bond donors (Lipinski definition) is 1. The molecule has 0 aromatic heterocycles. The number of benzene rings is 2. The van der Waals surface area contributed by atoms with Crippen LogP contribution in [-0.2, 0) is 6.42 Å². The fourth-order valence-electron chi connectivity index (χ4n) is 3.05. The number of Topliss-reactive ketones (excluding diaryl/α,β-unsaturated/α-hetero) is 1. The van der Waals surface area contributed by atoms with Crippen LogP contribution in [0.15, 0.2) is 42.5 Å². The Labute approximate surface area is 140 Å². The molecule has 1 unspecified atom stereocenters. The topological polar surface area (TPSA) is 64.6 Å². The summed E-state index contributed by atoms with van der Waals surface area (Å²) in [5.41, 5.74) is 1.97. The van der Waals surface area contributed by atoms with E-state index < -0.39 is 6.04 Å². The van der Waals surface area contributed by atoms with Crippen molar-refractivity contribution in [3.05, 3.63) is 59.2 Å². The number of rotatable bonds is 4. The summed E-state index contributed by atoms with van der Waals surface area (Å²) in [4.78, 5) is 25.0. The van der Waals surface area contributed by atoms with Crippen LogP contribution < -0.4 is 14.8 Å². The third kappa shape index (κ3) is 2.85. The lowest BCUT2D eigenvalue weighted by Crippen LogP contribution is -2.43. The molecule has 1 aliphatic rings. The molecule has 1 atom stereocenters. The summed E-state index contributed by atoms with van der Waals surface area (Å²) < 4.78 is 10.7. The molecule has 124 valence electrons. The molecule has 0 aliphatic heterocycles. The molecule has 3 rings (SSSR count). The molecule has 0 saturated carbocycles. The zero-order chi connectivity index (χ0) is 17.1. The second-order valence-electron chi connectivity index (χ2n) is 5.62. The van der Waals surface area contributed by atoms with E-state index in [1.807, 2.05) is 6.07 Å². The molecule has 0 bridgehead atoms. The van der Waals surface area contributed by atoms with Crippen LogP contribution in [0, 0.1) is 0 Å². The van der Waals surface area contributed by atoms with E-state index in [9.17, 15) is 9.59 Å². The quantitative estimate of drug-likeness (QED) is 0.938. The van der Waals surface area contributed by atoms with Gasteiger partial charge >= 0.3 is 0 Å². The van der Waals surface area contributed by atoms with Crippen molar-refractivity contribution in [3.63, 3.8) is 0 Å². The smallest absolute Gasteiger partial charge is 0.251 e. The highest BCUT2D eigenvalue weighted by Crippen LogP contribution is 2.37. The molecular formula is C19H19NO4. The first kappa shape index (κ1) is 16.1. The first-order chi connectivity index (χ1) is 11.7. The van der Waals surface area contributed by atoms with Gasteiger partial charge in [0.25, 0.3) is 5.91 Å². The number of ketones is 1. The van der Waals surface area contributed by atoms with Gasteiger partial charge in [-0.15, -0.1) is 0 Å². The van der Waals surface area contributed by atoms with Gasteiger partial charge in [0.05, 0.1) is 20.3 Å². The fraction of sp³-hybridized carbons (Fsp3) is 0.263. The van der Waals surface area contributed by atoms with Gasteiger partial charge in [0.2, 0.25) is 0 Å². The highest BCUT2D eigenvalue weighted by atomic mass is 16.5. The van der Waals surface area contributed by atoms with Gasteiger partial charge in [0.1, 0.15) is 0 Å². The Balaban J connectivity index is 1.84. The van der Waals surface area contributed by atoms with Crippen molar-refractivity contribution in [1.29, 1.82) is 0 Å². The Morgan fingerprint density at radius 2 is 1.83 bits per heavy atom. The lowest BCUT2D eigenvalue weighted by molar-refractivity contribution is 0.0845. The number of methoxy groups -OCH3 is 2. The van der Waals surface area contributed by atoms with Crippen molar-refractivity contribution in [2.24, 2.45) is 0 Å².